The first-order valence-corrected chi connectivity index (χ1v) is 8.37. The highest BCUT2D eigenvalue weighted by molar-refractivity contribution is 9.10. The lowest BCUT2D eigenvalue weighted by molar-refractivity contribution is 0.427. The maximum atomic E-state index is 6.31. The molecule has 1 nitrogen and oxygen atoms in total. The lowest BCUT2D eigenvalue weighted by atomic mass is 9.97. The molecule has 0 spiro atoms. The fourth-order valence-corrected chi connectivity index (χ4v) is 2.86. The van der Waals surface area contributed by atoms with E-state index >= 15 is 0 Å². The quantitative estimate of drug-likeness (QED) is 0.660. The van der Waals surface area contributed by atoms with Crippen molar-refractivity contribution in [3.63, 3.8) is 0 Å². The van der Waals surface area contributed by atoms with Crippen LogP contribution >= 0.6 is 27.5 Å². The van der Waals surface area contributed by atoms with Gasteiger partial charge in [-0.1, -0.05) is 54.4 Å². The second kappa shape index (κ2) is 8.99. The van der Waals surface area contributed by atoms with Gasteiger partial charge in [0.25, 0.3) is 0 Å². The van der Waals surface area contributed by atoms with Crippen LogP contribution in [0.1, 0.15) is 45.6 Å². The van der Waals surface area contributed by atoms with Crippen molar-refractivity contribution >= 4 is 27.5 Å². The molecule has 1 N–H and O–H groups in total. The van der Waals surface area contributed by atoms with Crippen molar-refractivity contribution in [3.8, 4) is 0 Å². The summed E-state index contributed by atoms with van der Waals surface area (Å²) in [5.74, 6) is 0.756. The molecular formula is C16H25BrClN. The van der Waals surface area contributed by atoms with Crippen molar-refractivity contribution in [1.82, 2.24) is 5.32 Å². The zero-order chi connectivity index (χ0) is 14.3. The minimum atomic E-state index is 0.529. The second-order valence-corrected chi connectivity index (χ2v) is 6.88. The molecule has 1 rings (SSSR count). The Morgan fingerprint density at radius 3 is 2.58 bits per heavy atom. The Bertz CT molecular complexity index is 379. The third-order valence-corrected chi connectivity index (χ3v) is 4.10. The van der Waals surface area contributed by atoms with Crippen molar-refractivity contribution in [2.24, 2.45) is 5.92 Å². The Labute approximate surface area is 131 Å². The van der Waals surface area contributed by atoms with Gasteiger partial charge in [-0.2, -0.15) is 0 Å². The van der Waals surface area contributed by atoms with Gasteiger partial charge in [-0.3, -0.25) is 0 Å². The Kier molecular flexibility index (Phi) is 8.05. The molecule has 0 aromatic heterocycles. The van der Waals surface area contributed by atoms with E-state index in [2.05, 4.69) is 54.2 Å². The summed E-state index contributed by atoms with van der Waals surface area (Å²) in [4.78, 5) is 0. The molecule has 0 radical (unpaired) electrons. The van der Waals surface area contributed by atoms with Gasteiger partial charge in [0.1, 0.15) is 0 Å². The van der Waals surface area contributed by atoms with Gasteiger partial charge in [-0.15, -0.1) is 0 Å². The number of hydrogen-bond donors (Lipinski definition) is 1. The number of benzene rings is 1. The lowest BCUT2D eigenvalue weighted by Gasteiger charge is -2.20. The van der Waals surface area contributed by atoms with Gasteiger partial charge >= 0.3 is 0 Å². The summed E-state index contributed by atoms with van der Waals surface area (Å²) < 4.78 is 1.04. The van der Waals surface area contributed by atoms with E-state index in [4.69, 9.17) is 11.6 Å². The minimum Gasteiger partial charge on any atom is -0.314 e. The SMILES string of the molecule is CCCNC(CCC(C)C)Cc1ccc(Br)cc1Cl. The third kappa shape index (κ3) is 6.78. The molecule has 1 aromatic rings. The molecular weight excluding hydrogens is 322 g/mol. The molecule has 1 unspecified atom stereocenters. The van der Waals surface area contributed by atoms with Gasteiger partial charge in [0.15, 0.2) is 0 Å². The molecule has 0 saturated heterocycles. The summed E-state index contributed by atoms with van der Waals surface area (Å²) >= 11 is 9.77. The Morgan fingerprint density at radius 1 is 1.26 bits per heavy atom. The number of halogens is 2. The van der Waals surface area contributed by atoms with Crippen LogP contribution in [0.5, 0.6) is 0 Å². The van der Waals surface area contributed by atoms with Gasteiger partial charge in [-0.05, 0) is 55.8 Å². The summed E-state index contributed by atoms with van der Waals surface area (Å²) in [5.41, 5.74) is 1.24. The highest BCUT2D eigenvalue weighted by Crippen LogP contribution is 2.23. The normalized spacial score (nSPS) is 12.9. The van der Waals surface area contributed by atoms with E-state index in [1.165, 1.54) is 24.8 Å². The smallest absolute Gasteiger partial charge is 0.0449 e. The molecule has 19 heavy (non-hydrogen) atoms. The fourth-order valence-electron chi connectivity index (χ4n) is 2.11. The zero-order valence-corrected chi connectivity index (χ0v) is 14.5. The average Bonchev–Trinajstić information content (AvgIpc) is 2.35. The molecule has 0 saturated carbocycles. The largest absolute Gasteiger partial charge is 0.314 e. The first-order valence-electron chi connectivity index (χ1n) is 7.20. The lowest BCUT2D eigenvalue weighted by Crippen LogP contribution is -2.32. The van der Waals surface area contributed by atoms with Gasteiger partial charge < -0.3 is 5.32 Å². The number of rotatable bonds is 8. The third-order valence-electron chi connectivity index (χ3n) is 3.26. The van der Waals surface area contributed by atoms with Gasteiger partial charge in [0.2, 0.25) is 0 Å². The minimum absolute atomic E-state index is 0.529. The van der Waals surface area contributed by atoms with Gasteiger partial charge in [0, 0.05) is 15.5 Å². The summed E-state index contributed by atoms with van der Waals surface area (Å²) in [6.07, 6.45) is 4.66. The van der Waals surface area contributed by atoms with Crippen molar-refractivity contribution in [1.29, 1.82) is 0 Å². The predicted octanol–water partition coefficient (Wildman–Crippen LogP) is 5.45. The molecule has 108 valence electrons. The van der Waals surface area contributed by atoms with Crippen molar-refractivity contribution in [2.75, 3.05) is 6.54 Å². The van der Waals surface area contributed by atoms with E-state index in [-0.39, 0.29) is 0 Å². The first-order chi connectivity index (χ1) is 9.02. The monoisotopic (exact) mass is 345 g/mol. The topological polar surface area (TPSA) is 12.0 Å². The van der Waals surface area contributed by atoms with Crippen LogP contribution < -0.4 is 5.32 Å². The summed E-state index contributed by atoms with van der Waals surface area (Å²) in [6.45, 7) is 7.85. The predicted molar refractivity (Wildman–Crippen MR) is 89.0 cm³/mol. The van der Waals surface area contributed by atoms with Crippen LogP contribution in [0.2, 0.25) is 5.02 Å². The first kappa shape index (κ1) is 17.0. The molecule has 0 aliphatic carbocycles. The molecule has 1 aromatic carbocycles. The Balaban J connectivity index is 2.63. The zero-order valence-electron chi connectivity index (χ0n) is 12.2. The van der Waals surface area contributed by atoms with Crippen molar-refractivity contribution in [3.05, 3.63) is 33.3 Å². The second-order valence-electron chi connectivity index (χ2n) is 5.56. The van der Waals surface area contributed by atoms with Crippen molar-refractivity contribution < 1.29 is 0 Å². The van der Waals surface area contributed by atoms with Crippen LogP contribution in [0.4, 0.5) is 0 Å². The van der Waals surface area contributed by atoms with E-state index < -0.39 is 0 Å². The fraction of sp³-hybridized carbons (Fsp3) is 0.625. The molecule has 0 aliphatic rings. The van der Waals surface area contributed by atoms with Crippen LogP contribution in [-0.2, 0) is 6.42 Å². The maximum Gasteiger partial charge on any atom is 0.0449 e. The molecule has 0 aliphatic heterocycles. The average molecular weight is 347 g/mol. The van der Waals surface area contributed by atoms with Crippen LogP contribution in [0, 0.1) is 5.92 Å². The summed E-state index contributed by atoms with van der Waals surface area (Å²) in [5, 5.41) is 4.51. The standard InChI is InChI=1S/C16H25BrClN/c1-4-9-19-15(8-5-12(2)3)10-13-6-7-14(17)11-16(13)18/h6-7,11-12,15,19H,4-5,8-10H2,1-3H3. The summed E-state index contributed by atoms with van der Waals surface area (Å²) in [6, 6.07) is 6.71. The van der Waals surface area contributed by atoms with Crippen LogP contribution in [0.3, 0.4) is 0 Å². The molecule has 0 amide bonds. The van der Waals surface area contributed by atoms with Crippen LogP contribution in [0.25, 0.3) is 0 Å². The number of hydrogen-bond acceptors (Lipinski definition) is 1. The number of nitrogens with one attached hydrogen (secondary N) is 1. The van der Waals surface area contributed by atoms with E-state index in [9.17, 15) is 0 Å². The van der Waals surface area contributed by atoms with Crippen molar-refractivity contribution in [2.45, 2.75) is 52.5 Å². The highest BCUT2D eigenvalue weighted by atomic mass is 79.9. The van der Waals surface area contributed by atoms with Gasteiger partial charge in [-0.25, -0.2) is 0 Å². The molecule has 0 fully saturated rings. The molecule has 0 bridgehead atoms. The van der Waals surface area contributed by atoms with E-state index in [1.54, 1.807) is 0 Å². The van der Waals surface area contributed by atoms with Crippen LogP contribution in [-0.4, -0.2) is 12.6 Å². The Morgan fingerprint density at radius 2 is 2.00 bits per heavy atom. The molecule has 0 heterocycles. The highest BCUT2D eigenvalue weighted by Gasteiger charge is 2.12. The molecule has 1 atom stereocenters. The Hall–Kier alpha value is -0.0500. The summed E-state index contributed by atoms with van der Waals surface area (Å²) in [7, 11) is 0. The van der Waals surface area contributed by atoms with E-state index in [1.807, 2.05) is 6.07 Å². The van der Waals surface area contributed by atoms with E-state index in [0.29, 0.717) is 6.04 Å². The maximum absolute atomic E-state index is 6.31. The molecule has 3 heteroatoms. The van der Waals surface area contributed by atoms with E-state index in [0.717, 1.165) is 28.4 Å². The van der Waals surface area contributed by atoms with Crippen LogP contribution in [0.15, 0.2) is 22.7 Å². The van der Waals surface area contributed by atoms with Gasteiger partial charge in [0.05, 0.1) is 0 Å².